The zero-order chi connectivity index (χ0) is 13.3. The van der Waals surface area contributed by atoms with Crippen LogP contribution in [0.1, 0.15) is 53.4 Å². The van der Waals surface area contributed by atoms with Gasteiger partial charge < -0.3 is 0 Å². The quantitative estimate of drug-likeness (QED) is 0.473. The second kappa shape index (κ2) is 8.91. The summed E-state index contributed by atoms with van der Waals surface area (Å²) in [5.74, 6) is 0.728. The first kappa shape index (κ1) is 15.8. The van der Waals surface area contributed by atoms with Crippen molar-refractivity contribution in [2.45, 2.75) is 53.4 Å². The SMILES string of the molecule is CC(=O)/C=C/CCC/C(C)=C/C(=O)CC(C)C. The minimum Gasteiger partial charge on any atom is -0.295 e. The van der Waals surface area contributed by atoms with Crippen molar-refractivity contribution in [2.75, 3.05) is 0 Å². The summed E-state index contributed by atoms with van der Waals surface area (Å²) in [5, 5.41) is 0. The van der Waals surface area contributed by atoms with Crippen molar-refractivity contribution >= 4 is 11.6 Å². The fourth-order valence-corrected chi connectivity index (χ4v) is 1.56. The third-order valence-electron chi connectivity index (χ3n) is 2.31. The normalized spacial score (nSPS) is 12.4. The van der Waals surface area contributed by atoms with E-state index in [-0.39, 0.29) is 11.6 Å². The van der Waals surface area contributed by atoms with Gasteiger partial charge in [0.1, 0.15) is 0 Å². The molecule has 0 saturated heterocycles. The molecule has 2 nitrogen and oxygen atoms in total. The van der Waals surface area contributed by atoms with Gasteiger partial charge in [-0.15, -0.1) is 0 Å². The molecule has 2 heteroatoms. The Morgan fingerprint density at radius 1 is 1.18 bits per heavy atom. The molecule has 0 amide bonds. The Hall–Kier alpha value is -1.18. The van der Waals surface area contributed by atoms with Gasteiger partial charge in [0.05, 0.1) is 0 Å². The van der Waals surface area contributed by atoms with Crippen LogP contribution >= 0.6 is 0 Å². The van der Waals surface area contributed by atoms with E-state index in [0.29, 0.717) is 12.3 Å². The van der Waals surface area contributed by atoms with Crippen molar-refractivity contribution in [2.24, 2.45) is 5.92 Å². The summed E-state index contributed by atoms with van der Waals surface area (Å²) < 4.78 is 0. The number of rotatable bonds is 8. The van der Waals surface area contributed by atoms with E-state index in [0.717, 1.165) is 24.8 Å². The summed E-state index contributed by atoms with van der Waals surface area (Å²) in [6.45, 7) is 7.64. The average Bonchev–Trinajstić information content (AvgIpc) is 2.14. The fraction of sp³-hybridized carbons (Fsp3) is 0.600. The van der Waals surface area contributed by atoms with Crippen LogP contribution in [0.15, 0.2) is 23.8 Å². The molecule has 0 rings (SSSR count). The molecule has 0 N–H and O–H groups in total. The van der Waals surface area contributed by atoms with Crippen molar-refractivity contribution in [3.05, 3.63) is 23.8 Å². The molecule has 17 heavy (non-hydrogen) atoms. The largest absolute Gasteiger partial charge is 0.295 e. The highest BCUT2D eigenvalue weighted by molar-refractivity contribution is 5.90. The van der Waals surface area contributed by atoms with Gasteiger partial charge in [-0.05, 0) is 51.2 Å². The topological polar surface area (TPSA) is 34.1 Å². The molecule has 0 aromatic heterocycles. The van der Waals surface area contributed by atoms with Gasteiger partial charge in [-0.25, -0.2) is 0 Å². The van der Waals surface area contributed by atoms with Crippen LogP contribution in [0.2, 0.25) is 0 Å². The maximum Gasteiger partial charge on any atom is 0.155 e. The molecule has 0 bridgehead atoms. The predicted molar refractivity (Wildman–Crippen MR) is 71.9 cm³/mol. The molecule has 96 valence electrons. The van der Waals surface area contributed by atoms with Crippen LogP contribution in [0.4, 0.5) is 0 Å². The highest BCUT2D eigenvalue weighted by Gasteiger charge is 2.02. The molecular formula is C15H24O2. The molecule has 0 aliphatic rings. The Labute approximate surface area is 105 Å². The molecule has 0 unspecified atom stereocenters. The van der Waals surface area contributed by atoms with E-state index in [4.69, 9.17) is 0 Å². The molecule has 0 heterocycles. The van der Waals surface area contributed by atoms with E-state index < -0.39 is 0 Å². The lowest BCUT2D eigenvalue weighted by Crippen LogP contribution is -1.99. The fourth-order valence-electron chi connectivity index (χ4n) is 1.56. The smallest absolute Gasteiger partial charge is 0.155 e. The summed E-state index contributed by atoms with van der Waals surface area (Å²) in [5.41, 5.74) is 1.13. The monoisotopic (exact) mass is 236 g/mol. The number of ketones is 2. The van der Waals surface area contributed by atoms with E-state index in [9.17, 15) is 9.59 Å². The Balaban J connectivity index is 3.85. The molecule has 0 aromatic rings. The zero-order valence-electron chi connectivity index (χ0n) is 11.5. The van der Waals surface area contributed by atoms with Crippen molar-refractivity contribution in [1.82, 2.24) is 0 Å². The second-order valence-electron chi connectivity index (χ2n) is 4.96. The zero-order valence-corrected chi connectivity index (χ0v) is 11.5. The highest BCUT2D eigenvalue weighted by Crippen LogP contribution is 2.09. The first-order valence-electron chi connectivity index (χ1n) is 6.29. The number of hydrogen-bond donors (Lipinski definition) is 0. The molecule has 0 saturated carbocycles. The number of unbranched alkanes of at least 4 members (excludes halogenated alkanes) is 1. The Kier molecular flexibility index (Phi) is 8.29. The van der Waals surface area contributed by atoms with Crippen molar-refractivity contribution < 1.29 is 9.59 Å². The van der Waals surface area contributed by atoms with E-state index in [1.807, 2.05) is 26.8 Å². The van der Waals surface area contributed by atoms with Crippen molar-refractivity contribution in [1.29, 1.82) is 0 Å². The van der Waals surface area contributed by atoms with Gasteiger partial charge in [0, 0.05) is 6.42 Å². The van der Waals surface area contributed by atoms with Crippen LogP contribution < -0.4 is 0 Å². The molecule has 0 fully saturated rings. The second-order valence-corrected chi connectivity index (χ2v) is 4.96. The lowest BCUT2D eigenvalue weighted by molar-refractivity contribution is -0.115. The lowest BCUT2D eigenvalue weighted by Gasteiger charge is -2.02. The lowest BCUT2D eigenvalue weighted by atomic mass is 10.0. The molecule has 0 atom stereocenters. The van der Waals surface area contributed by atoms with Gasteiger partial charge in [-0.1, -0.05) is 25.5 Å². The summed E-state index contributed by atoms with van der Waals surface area (Å²) in [6.07, 6.45) is 8.68. The molecule has 0 spiro atoms. The van der Waals surface area contributed by atoms with Gasteiger partial charge >= 0.3 is 0 Å². The molecule has 0 aliphatic carbocycles. The molecular weight excluding hydrogens is 212 g/mol. The maximum absolute atomic E-state index is 11.5. The standard InChI is InChI=1S/C15H24O2/c1-12(2)10-15(17)11-13(3)8-6-5-7-9-14(4)16/h7,9,11-12H,5-6,8,10H2,1-4H3/b9-7+,13-11+. The van der Waals surface area contributed by atoms with Crippen LogP contribution in [0.25, 0.3) is 0 Å². The van der Waals surface area contributed by atoms with E-state index in [2.05, 4.69) is 0 Å². The van der Waals surface area contributed by atoms with E-state index in [1.165, 1.54) is 0 Å². The Morgan fingerprint density at radius 2 is 1.82 bits per heavy atom. The number of hydrogen-bond acceptors (Lipinski definition) is 2. The van der Waals surface area contributed by atoms with Crippen LogP contribution in [0.3, 0.4) is 0 Å². The van der Waals surface area contributed by atoms with E-state index in [1.54, 1.807) is 19.1 Å². The predicted octanol–water partition coefficient (Wildman–Crippen LogP) is 3.86. The first-order chi connectivity index (χ1) is 7.91. The van der Waals surface area contributed by atoms with Crippen LogP contribution in [-0.2, 0) is 9.59 Å². The summed E-state index contributed by atoms with van der Waals surface area (Å²) in [6, 6.07) is 0. The summed E-state index contributed by atoms with van der Waals surface area (Å²) in [7, 11) is 0. The first-order valence-corrected chi connectivity index (χ1v) is 6.29. The van der Waals surface area contributed by atoms with Gasteiger partial charge in [-0.3, -0.25) is 9.59 Å². The Morgan fingerprint density at radius 3 is 2.35 bits per heavy atom. The van der Waals surface area contributed by atoms with Gasteiger partial charge in [0.25, 0.3) is 0 Å². The third-order valence-corrected chi connectivity index (χ3v) is 2.31. The maximum atomic E-state index is 11.5. The highest BCUT2D eigenvalue weighted by atomic mass is 16.1. The van der Waals surface area contributed by atoms with E-state index >= 15 is 0 Å². The molecule has 0 aromatic carbocycles. The van der Waals surface area contributed by atoms with Crippen LogP contribution in [-0.4, -0.2) is 11.6 Å². The third kappa shape index (κ3) is 11.1. The van der Waals surface area contributed by atoms with Crippen LogP contribution in [0.5, 0.6) is 0 Å². The Bertz CT molecular complexity index is 309. The molecule has 0 radical (unpaired) electrons. The van der Waals surface area contributed by atoms with Gasteiger partial charge in [-0.2, -0.15) is 0 Å². The summed E-state index contributed by atoms with van der Waals surface area (Å²) >= 11 is 0. The van der Waals surface area contributed by atoms with Crippen LogP contribution in [0, 0.1) is 5.92 Å². The molecule has 0 aliphatic heterocycles. The average molecular weight is 236 g/mol. The number of carbonyl (C=O) groups excluding carboxylic acids is 2. The minimum atomic E-state index is 0.0874. The minimum absolute atomic E-state index is 0.0874. The number of allylic oxidation sites excluding steroid dienone is 4. The number of carbonyl (C=O) groups is 2. The van der Waals surface area contributed by atoms with Gasteiger partial charge in [0.15, 0.2) is 11.6 Å². The summed E-state index contributed by atoms with van der Waals surface area (Å²) in [4.78, 5) is 22.2. The van der Waals surface area contributed by atoms with Crippen molar-refractivity contribution in [3.8, 4) is 0 Å². The van der Waals surface area contributed by atoms with Gasteiger partial charge in [0.2, 0.25) is 0 Å². The van der Waals surface area contributed by atoms with Crippen molar-refractivity contribution in [3.63, 3.8) is 0 Å².